The van der Waals surface area contributed by atoms with Crippen LogP contribution in [0, 0.1) is 11.3 Å². The summed E-state index contributed by atoms with van der Waals surface area (Å²) in [6.45, 7) is -0.481. The van der Waals surface area contributed by atoms with Crippen LogP contribution in [0.3, 0.4) is 0 Å². The number of aliphatic carboxylic acids is 1. The normalized spacial score (nSPS) is 22.3. The van der Waals surface area contributed by atoms with Gasteiger partial charge in [-0.1, -0.05) is 0 Å². The van der Waals surface area contributed by atoms with Crippen LogP contribution in [0.1, 0.15) is 12.8 Å². The lowest BCUT2D eigenvalue weighted by Gasteiger charge is -2.26. The lowest BCUT2D eigenvalue weighted by atomic mass is 9.83. The van der Waals surface area contributed by atoms with E-state index in [1.807, 2.05) is 0 Å². The molecule has 3 N–H and O–H groups in total. The maximum Gasteiger partial charge on any atom is 0.317 e. The lowest BCUT2D eigenvalue weighted by Crippen LogP contribution is -2.46. The van der Waals surface area contributed by atoms with Gasteiger partial charge in [-0.05, 0) is 18.8 Å². The number of halogens is 2. The van der Waals surface area contributed by atoms with Crippen molar-refractivity contribution >= 4 is 5.97 Å². The van der Waals surface area contributed by atoms with Crippen molar-refractivity contribution in [1.82, 2.24) is 0 Å². The van der Waals surface area contributed by atoms with E-state index in [1.165, 1.54) is 0 Å². The average molecular weight is 179 g/mol. The summed E-state index contributed by atoms with van der Waals surface area (Å²) in [4.78, 5) is 10.6. The summed E-state index contributed by atoms with van der Waals surface area (Å²) < 4.78 is 24.9. The summed E-state index contributed by atoms with van der Waals surface area (Å²) in [7, 11) is 0. The zero-order valence-electron chi connectivity index (χ0n) is 6.46. The first-order chi connectivity index (χ1) is 5.55. The largest absolute Gasteiger partial charge is 0.481 e. The number of carboxylic acids is 1. The van der Waals surface area contributed by atoms with Crippen molar-refractivity contribution in [3.05, 3.63) is 0 Å². The second-order valence-electron chi connectivity index (χ2n) is 3.12. The molecule has 1 aliphatic carbocycles. The van der Waals surface area contributed by atoms with Crippen molar-refractivity contribution in [2.24, 2.45) is 17.1 Å². The minimum absolute atomic E-state index is 0.431. The van der Waals surface area contributed by atoms with Crippen molar-refractivity contribution < 1.29 is 18.7 Å². The van der Waals surface area contributed by atoms with E-state index in [2.05, 4.69) is 0 Å². The molecule has 0 saturated heterocycles. The van der Waals surface area contributed by atoms with Gasteiger partial charge in [0, 0.05) is 6.54 Å². The number of nitrogens with two attached hydrogens (primary N) is 1. The maximum atomic E-state index is 12.4. The fourth-order valence-corrected chi connectivity index (χ4v) is 1.39. The molecule has 0 bridgehead atoms. The fourth-order valence-electron chi connectivity index (χ4n) is 1.39. The third-order valence-corrected chi connectivity index (χ3v) is 2.43. The standard InChI is InChI=1S/C7H11F2NO2/c8-5(9)7(3-10,6(11)12)4-1-2-4/h4-5H,1-3,10H2,(H,11,12). The van der Waals surface area contributed by atoms with Gasteiger partial charge in [0.25, 0.3) is 6.43 Å². The summed E-state index contributed by atoms with van der Waals surface area (Å²) in [6.07, 6.45) is -1.77. The van der Waals surface area contributed by atoms with Crippen LogP contribution in [-0.4, -0.2) is 24.0 Å². The molecular weight excluding hydrogens is 168 g/mol. The molecule has 0 amide bonds. The topological polar surface area (TPSA) is 63.3 Å². The summed E-state index contributed by atoms with van der Waals surface area (Å²) in [5.41, 5.74) is 3.10. The SMILES string of the molecule is NCC(C(=O)O)(C(F)F)C1CC1. The number of rotatable bonds is 4. The highest BCUT2D eigenvalue weighted by Crippen LogP contribution is 2.48. The molecule has 3 nitrogen and oxygen atoms in total. The monoisotopic (exact) mass is 179 g/mol. The molecule has 1 aliphatic rings. The highest BCUT2D eigenvalue weighted by Gasteiger charge is 2.56. The minimum Gasteiger partial charge on any atom is -0.481 e. The number of carbonyl (C=O) groups is 1. The number of alkyl halides is 2. The third kappa shape index (κ3) is 1.18. The quantitative estimate of drug-likeness (QED) is 0.667. The molecule has 0 aromatic rings. The molecule has 0 heterocycles. The Balaban J connectivity index is 2.86. The molecule has 1 fully saturated rings. The highest BCUT2D eigenvalue weighted by molar-refractivity contribution is 5.76. The summed E-state index contributed by atoms with van der Waals surface area (Å²) in [6, 6.07) is 0. The van der Waals surface area contributed by atoms with E-state index in [9.17, 15) is 13.6 Å². The van der Waals surface area contributed by atoms with Crippen molar-refractivity contribution in [2.45, 2.75) is 19.3 Å². The Kier molecular flexibility index (Phi) is 2.32. The van der Waals surface area contributed by atoms with E-state index in [0.29, 0.717) is 12.8 Å². The van der Waals surface area contributed by atoms with Crippen molar-refractivity contribution in [2.75, 3.05) is 6.54 Å². The zero-order valence-corrected chi connectivity index (χ0v) is 6.46. The van der Waals surface area contributed by atoms with Gasteiger partial charge in [-0.25, -0.2) is 8.78 Å². The minimum atomic E-state index is -2.87. The van der Waals surface area contributed by atoms with Gasteiger partial charge < -0.3 is 10.8 Å². The molecule has 0 aromatic heterocycles. The molecule has 1 rings (SSSR count). The predicted molar refractivity (Wildman–Crippen MR) is 37.9 cm³/mol. The van der Waals surface area contributed by atoms with E-state index in [4.69, 9.17) is 10.8 Å². The Morgan fingerprint density at radius 3 is 2.25 bits per heavy atom. The van der Waals surface area contributed by atoms with E-state index in [0.717, 1.165) is 0 Å². The molecule has 0 spiro atoms. The summed E-state index contributed by atoms with van der Waals surface area (Å²) in [5, 5.41) is 8.64. The Hall–Kier alpha value is -0.710. The van der Waals surface area contributed by atoms with E-state index in [1.54, 1.807) is 0 Å². The molecule has 5 heteroatoms. The van der Waals surface area contributed by atoms with Crippen LogP contribution in [-0.2, 0) is 4.79 Å². The van der Waals surface area contributed by atoms with Crippen molar-refractivity contribution in [3.8, 4) is 0 Å². The summed E-state index contributed by atoms with van der Waals surface area (Å²) >= 11 is 0. The van der Waals surface area contributed by atoms with Gasteiger partial charge >= 0.3 is 5.97 Å². The Labute approximate surface area is 68.5 Å². The van der Waals surface area contributed by atoms with Crippen LogP contribution < -0.4 is 5.73 Å². The van der Waals surface area contributed by atoms with Crippen LogP contribution in [0.5, 0.6) is 0 Å². The van der Waals surface area contributed by atoms with Crippen molar-refractivity contribution in [1.29, 1.82) is 0 Å². The Bertz CT molecular complexity index is 190. The smallest absolute Gasteiger partial charge is 0.317 e. The molecule has 0 aliphatic heterocycles. The molecule has 70 valence electrons. The number of hydrogen-bond acceptors (Lipinski definition) is 2. The number of carboxylic acid groups (broad SMARTS) is 1. The van der Waals surface area contributed by atoms with Gasteiger partial charge in [0.15, 0.2) is 0 Å². The molecule has 12 heavy (non-hydrogen) atoms. The van der Waals surface area contributed by atoms with Gasteiger partial charge in [0.2, 0.25) is 0 Å². The summed E-state index contributed by atoms with van der Waals surface area (Å²) in [5.74, 6) is -1.90. The second kappa shape index (κ2) is 2.97. The fraction of sp³-hybridized carbons (Fsp3) is 0.857. The Morgan fingerprint density at radius 1 is 1.67 bits per heavy atom. The van der Waals surface area contributed by atoms with E-state index in [-0.39, 0.29) is 0 Å². The van der Waals surface area contributed by atoms with Crippen LogP contribution in [0.2, 0.25) is 0 Å². The Morgan fingerprint density at radius 2 is 2.17 bits per heavy atom. The van der Waals surface area contributed by atoms with Gasteiger partial charge in [-0.3, -0.25) is 4.79 Å². The van der Waals surface area contributed by atoms with Gasteiger partial charge in [0.1, 0.15) is 5.41 Å². The zero-order chi connectivity index (χ0) is 9.35. The number of hydrogen-bond donors (Lipinski definition) is 2. The van der Waals surface area contributed by atoms with E-state index >= 15 is 0 Å². The second-order valence-corrected chi connectivity index (χ2v) is 3.12. The predicted octanol–water partition coefficient (Wildman–Crippen LogP) is 0.691. The van der Waals surface area contributed by atoms with Crippen LogP contribution in [0.4, 0.5) is 8.78 Å². The van der Waals surface area contributed by atoms with Gasteiger partial charge in [-0.15, -0.1) is 0 Å². The first-order valence-corrected chi connectivity index (χ1v) is 3.77. The highest BCUT2D eigenvalue weighted by atomic mass is 19.3. The van der Waals surface area contributed by atoms with E-state index < -0.39 is 30.3 Å². The molecule has 0 aromatic carbocycles. The molecular formula is C7H11F2NO2. The molecule has 1 unspecified atom stereocenters. The average Bonchev–Trinajstić information content (AvgIpc) is 2.72. The molecule has 0 radical (unpaired) electrons. The first-order valence-electron chi connectivity index (χ1n) is 3.77. The van der Waals surface area contributed by atoms with Crippen LogP contribution in [0.25, 0.3) is 0 Å². The lowest BCUT2D eigenvalue weighted by molar-refractivity contribution is -0.160. The third-order valence-electron chi connectivity index (χ3n) is 2.43. The molecule has 1 atom stereocenters. The van der Waals surface area contributed by atoms with Crippen LogP contribution in [0.15, 0.2) is 0 Å². The van der Waals surface area contributed by atoms with Gasteiger partial charge in [-0.2, -0.15) is 0 Å². The van der Waals surface area contributed by atoms with Crippen LogP contribution >= 0.6 is 0 Å². The van der Waals surface area contributed by atoms with Crippen molar-refractivity contribution in [3.63, 3.8) is 0 Å². The van der Waals surface area contributed by atoms with Gasteiger partial charge in [0.05, 0.1) is 0 Å². The maximum absolute atomic E-state index is 12.4. The first kappa shape index (κ1) is 9.38. The molecule has 1 saturated carbocycles.